The van der Waals surface area contributed by atoms with Gasteiger partial charge in [0.1, 0.15) is 0 Å². The molecule has 0 aromatic carbocycles. The third-order valence-electron chi connectivity index (χ3n) is 2.61. The van der Waals surface area contributed by atoms with Gasteiger partial charge in [-0.25, -0.2) is 0 Å². The molecule has 0 amide bonds. The Bertz CT molecular complexity index is 140. The molecule has 2 rings (SSSR count). The Labute approximate surface area is 66.3 Å². The molecule has 3 heteroatoms. The van der Waals surface area contributed by atoms with E-state index in [0.717, 1.165) is 32.5 Å². The van der Waals surface area contributed by atoms with Crippen LogP contribution in [0.5, 0.6) is 0 Å². The minimum atomic E-state index is -0.0204. The lowest BCUT2D eigenvalue weighted by molar-refractivity contribution is -0.0608. The Morgan fingerprint density at radius 3 is 2.91 bits per heavy atom. The van der Waals surface area contributed by atoms with Crippen LogP contribution in [0.1, 0.15) is 19.3 Å². The van der Waals surface area contributed by atoms with Crippen LogP contribution in [0.2, 0.25) is 0 Å². The number of hydrogen-bond donors (Lipinski definition) is 1. The summed E-state index contributed by atoms with van der Waals surface area (Å²) in [5, 5.41) is 8.84. The molecule has 0 aromatic heterocycles. The fourth-order valence-electron chi connectivity index (χ4n) is 1.90. The zero-order chi connectivity index (χ0) is 7.73. The summed E-state index contributed by atoms with van der Waals surface area (Å²) < 4.78 is 11.0. The van der Waals surface area contributed by atoms with Gasteiger partial charge in [-0.05, 0) is 12.8 Å². The van der Waals surface area contributed by atoms with E-state index in [1.165, 1.54) is 0 Å². The first-order chi connectivity index (χ1) is 5.35. The molecule has 0 aromatic rings. The van der Waals surface area contributed by atoms with Gasteiger partial charge in [-0.15, -0.1) is 0 Å². The van der Waals surface area contributed by atoms with E-state index < -0.39 is 0 Å². The van der Waals surface area contributed by atoms with Crippen molar-refractivity contribution in [1.82, 2.24) is 0 Å². The molecule has 2 heterocycles. The van der Waals surface area contributed by atoms with Crippen molar-refractivity contribution in [1.29, 1.82) is 0 Å². The average molecular weight is 158 g/mol. The maximum atomic E-state index is 8.84. The largest absolute Gasteiger partial charge is 0.394 e. The number of aliphatic hydroxyl groups excluding tert-OH is 1. The first-order valence-electron chi connectivity index (χ1n) is 4.21. The van der Waals surface area contributed by atoms with Gasteiger partial charge in [-0.1, -0.05) is 0 Å². The lowest BCUT2D eigenvalue weighted by Crippen LogP contribution is -2.30. The van der Waals surface area contributed by atoms with Crippen LogP contribution in [0.3, 0.4) is 0 Å². The Morgan fingerprint density at radius 1 is 1.45 bits per heavy atom. The summed E-state index contributed by atoms with van der Waals surface area (Å²) in [7, 11) is 0. The molecular formula is C8H14O3. The molecule has 0 bridgehead atoms. The van der Waals surface area contributed by atoms with Crippen LogP contribution >= 0.6 is 0 Å². The zero-order valence-electron chi connectivity index (χ0n) is 6.58. The molecular weight excluding hydrogens is 144 g/mol. The highest BCUT2D eigenvalue weighted by Crippen LogP contribution is 2.36. The van der Waals surface area contributed by atoms with Crippen LogP contribution in [0.4, 0.5) is 0 Å². The van der Waals surface area contributed by atoms with Crippen molar-refractivity contribution in [2.24, 2.45) is 0 Å². The molecule has 2 atom stereocenters. The molecule has 2 fully saturated rings. The van der Waals surface area contributed by atoms with Gasteiger partial charge < -0.3 is 14.6 Å². The van der Waals surface area contributed by atoms with E-state index in [9.17, 15) is 0 Å². The van der Waals surface area contributed by atoms with Gasteiger partial charge in [0.25, 0.3) is 0 Å². The fourth-order valence-corrected chi connectivity index (χ4v) is 1.90. The van der Waals surface area contributed by atoms with Gasteiger partial charge in [-0.3, -0.25) is 0 Å². The van der Waals surface area contributed by atoms with E-state index in [0.29, 0.717) is 0 Å². The summed E-state index contributed by atoms with van der Waals surface area (Å²) >= 11 is 0. The Morgan fingerprint density at radius 2 is 2.36 bits per heavy atom. The summed E-state index contributed by atoms with van der Waals surface area (Å²) in [6, 6.07) is 0. The van der Waals surface area contributed by atoms with Crippen molar-refractivity contribution in [2.75, 3.05) is 19.8 Å². The monoisotopic (exact) mass is 158 g/mol. The molecule has 2 unspecified atom stereocenters. The van der Waals surface area contributed by atoms with Crippen molar-refractivity contribution in [3.05, 3.63) is 0 Å². The van der Waals surface area contributed by atoms with Crippen LogP contribution in [0.25, 0.3) is 0 Å². The molecule has 0 aliphatic carbocycles. The number of hydrogen-bond acceptors (Lipinski definition) is 3. The van der Waals surface area contributed by atoms with Crippen LogP contribution in [0.15, 0.2) is 0 Å². The van der Waals surface area contributed by atoms with Gasteiger partial charge >= 0.3 is 0 Å². The van der Waals surface area contributed by atoms with E-state index in [1.807, 2.05) is 0 Å². The summed E-state index contributed by atoms with van der Waals surface area (Å²) in [5.74, 6) is 0. The first-order valence-corrected chi connectivity index (χ1v) is 4.21. The number of aliphatic hydroxyl groups is 1. The lowest BCUT2D eigenvalue weighted by Gasteiger charge is -2.21. The third-order valence-corrected chi connectivity index (χ3v) is 2.61. The fraction of sp³-hybridized carbons (Fsp3) is 1.00. The van der Waals surface area contributed by atoms with E-state index in [2.05, 4.69) is 0 Å². The molecule has 0 saturated carbocycles. The van der Waals surface area contributed by atoms with Gasteiger partial charge in [-0.2, -0.15) is 0 Å². The third kappa shape index (κ3) is 1.28. The molecule has 64 valence electrons. The summed E-state index contributed by atoms with van der Waals surface area (Å²) in [5.41, 5.74) is -0.0204. The van der Waals surface area contributed by atoms with Gasteiger partial charge in [0.2, 0.25) is 0 Å². The predicted octanol–water partition coefficient (Wildman–Crippen LogP) is 0.317. The summed E-state index contributed by atoms with van der Waals surface area (Å²) in [4.78, 5) is 0. The first kappa shape index (κ1) is 7.53. The second-order valence-corrected chi connectivity index (χ2v) is 3.45. The standard InChI is InChI=1S/C8H14O3/c9-5-7-1-2-8(11-7)3-4-10-6-8/h7,9H,1-6H2. The van der Waals surface area contributed by atoms with E-state index in [-0.39, 0.29) is 18.3 Å². The van der Waals surface area contributed by atoms with Crippen molar-refractivity contribution in [2.45, 2.75) is 31.0 Å². The Hall–Kier alpha value is -0.120. The van der Waals surface area contributed by atoms with Crippen molar-refractivity contribution < 1.29 is 14.6 Å². The van der Waals surface area contributed by atoms with Crippen molar-refractivity contribution in [3.8, 4) is 0 Å². The van der Waals surface area contributed by atoms with Gasteiger partial charge in [0.15, 0.2) is 0 Å². The smallest absolute Gasteiger partial charge is 0.0942 e. The van der Waals surface area contributed by atoms with E-state index in [4.69, 9.17) is 14.6 Å². The molecule has 11 heavy (non-hydrogen) atoms. The second-order valence-electron chi connectivity index (χ2n) is 3.45. The van der Waals surface area contributed by atoms with Crippen LogP contribution in [-0.4, -0.2) is 36.6 Å². The van der Waals surface area contributed by atoms with Crippen molar-refractivity contribution in [3.63, 3.8) is 0 Å². The van der Waals surface area contributed by atoms with Crippen LogP contribution in [-0.2, 0) is 9.47 Å². The molecule has 3 nitrogen and oxygen atoms in total. The number of ether oxygens (including phenoxy) is 2. The minimum Gasteiger partial charge on any atom is -0.394 e. The van der Waals surface area contributed by atoms with Crippen LogP contribution < -0.4 is 0 Å². The highest BCUT2D eigenvalue weighted by Gasteiger charge is 2.42. The maximum Gasteiger partial charge on any atom is 0.0942 e. The zero-order valence-corrected chi connectivity index (χ0v) is 6.58. The Kier molecular flexibility index (Phi) is 1.87. The topological polar surface area (TPSA) is 38.7 Å². The average Bonchev–Trinajstić information content (AvgIpc) is 2.62. The normalized spacial score (nSPS) is 43.9. The highest BCUT2D eigenvalue weighted by atomic mass is 16.6. The molecule has 2 aliphatic rings. The highest BCUT2D eigenvalue weighted by molar-refractivity contribution is 4.91. The summed E-state index contributed by atoms with van der Waals surface area (Å²) in [6.07, 6.45) is 3.11. The molecule has 2 saturated heterocycles. The maximum absolute atomic E-state index is 8.84. The summed E-state index contributed by atoms with van der Waals surface area (Å²) in [6.45, 7) is 1.70. The molecule has 0 radical (unpaired) electrons. The lowest BCUT2D eigenvalue weighted by atomic mass is 9.99. The molecule has 1 N–H and O–H groups in total. The molecule has 1 spiro atoms. The number of rotatable bonds is 1. The Balaban J connectivity index is 1.96. The minimum absolute atomic E-state index is 0.0204. The van der Waals surface area contributed by atoms with Crippen LogP contribution in [0, 0.1) is 0 Å². The molecule has 2 aliphatic heterocycles. The van der Waals surface area contributed by atoms with E-state index >= 15 is 0 Å². The van der Waals surface area contributed by atoms with Crippen molar-refractivity contribution >= 4 is 0 Å². The second kappa shape index (κ2) is 2.73. The quantitative estimate of drug-likeness (QED) is 0.597. The SMILES string of the molecule is OCC1CCC2(CCOC2)O1. The van der Waals surface area contributed by atoms with Gasteiger partial charge in [0.05, 0.1) is 24.9 Å². The van der Waals surface area contributed by atoms with E-state index in [1.54, 1.807) is 0 Å². The predicted molar refractivity (Wildman–Crippen MR) is 39.4 cm³/mol. The van der Waals surface area contributed by atoms with Gasteiger partial charge in [0, 0.05) is 13.0 Å².